The van der Waals surface area contributed by atoms with Gasteiger partial charge in [0.2, 0.25) is 0 Å². The Labute approximate surface area is 166 Å². The van der Waals surface area contributed by atoms with Crippen molar-refractivity contribution in [1.82, 2.24) is 0 Å². The Hall–Kier alpha value is -1.86. The average molecular weight is 373 g/mol. The smallest absolute Gasteiger partial charge is 0.0655 e. The molecular weight excluding hydrogens is 340 g/mol. The van der Waals surface area contributed by atoms with Crippen molar-refractivity contribution in [2.45, 2.75) is 66.5 Å². The molecule has 0 aliphatic heterocycles. The summed E-state index contributed by atoms with van der Waals surface area (Å²) in [7, 11) is -1.82. The minimum Gasteiger partial charge on any atom is -0.0655 e. The summed E-state index contributed by atoms with van der Waals surface area (Å²) in [5, 5.41) is 3.26. The van der Waals surface area contributed by atoms with Gasteiger partial charge < -0.3 is 0 Å². The molecule has 0 amide bonds. The van der Waals surface area contributed by atoms with Crippen molar-refractivity contribution in [2.75, 3.05) is 0 Å². The van der Waals surface area contributed by atoms with Crippen LogP contribution < -0.4 is 10.4 Å². The number of rotatable bonds is 2. The van der Waals surface area contributed by atoms with Crippen LogP contribution in [0.5, 0.6) is 0 Å². The second-order valence-electron chi connectivity index (χ2n) is 9.36. The molecule has 0 saturated carbocycles. The lowest BCUT2D eigenvalue weighted by Crippen LogP contribution is -2.56. The summed E-state index contributed by atoms with van der Waals surface area (Å²) < 4.78 is 0. The summed E-state index contributed by atoms with van der Waals surface area (Å²) in [6.07, 6.45) is 4.86. The molecule has 2 aromatic rings. The zero-order valence-corrected chi connectivity index (χ0v) is 19.1. The van der Waals surface area contributed by atoms with Gasteiger partial charge in [-0.3, -0.25) is 0 Å². The molecular formula is C26H32Si. The molecule has 0 heterocycles. The number of benzene rings is 2. The van der Waals surface area contributed by atoms with Crippen LogP contribution in [0.1, 0.15) is 72.9 Å². The topological polar surface area (TPSA) is 0 Å². The van der Waals surface area contributed by atoms with Crippen LogP contribution in [-0.4, -0.2) is 8.07 Å². The predicted molar refractivity (Wildman–Crippen MR) is 123 cm³/mol. The Morgan fingerprint density at radius 2 is 1.00 bits per heavy atom. The molecule has 2 aliphatic carbocycles. The monoisotopic (exact) mass is 372 g/mol. The van der Waals surface area contributed by atoms with Crippen LogP contribution >= 0.6 is 0 Å². The van der Waals surface area contributed by atoms with Gasteiger partial charge in [0, 0.05) is 11.8 Å². The van der Waals surface area contributed by atoms with Gasteiger partial charge in [-0.25, -0.2) is 0 Å². The maximum atomic E-state index is 2.56. The van der Waals surface area contributed by atoms with Crippen LogP contribution in [0, 0.1) is 13.8 Å². The predicted octanol–water partition coefficient (Wildman–Crippen LogP) is 6.17. The molecule has 140 valence electrons. The molecule has 0 fully saturated rings. The Morgan fingerprint density at radius 3 is 1.37 bits per heavy atom. The first-order chi connectivity index (χ1) is 12.6. The fourth-order valence-electron chi connectivity index (χ4n) is 5.20. The molecule has 0 saturated heterocycles. The van der Waals surface area contributed by atoms with Gasteiger partial charge in [-0.2, -0.15) is 0 Å². The molecule has 0 bridgehead atoms. The van der Waals surface area contributed by atoms with Gasteiger partial charge in [-0.1, -0.05) is 84.9 Å². The summed E-state index contributed by atoms with van der Waals surface area (Å²) in [4.78, 5) is 0. The van der Waals surface area contributed by atoms with Crippen LogP contribution in [0.3, 0.4) is 0 Å². The van der Waals surface area contributed by atoms with Crippen LogP contribution in [0.2, 0.25) is 13.1 Å². The van der Waals surface area contributed by atoms with E-state index in [0.717, 1.165) is 0 Å². The van der Waals surface area contributed by atoms with E-state index < -0.39 is 8.07 Å². The first-order valence-corrected chi connectivity index (χ1v) is 13.3. The standard InChI is InChI=1S/C26H32Si/c1-15-9-11-23(25-19(5)17(3)13-21(15)25)27(7,8)24-12-10-16(2)22-14-18(4)20(6)26(22)24/h9-14,19-20H,1-8H3. The van der Waals surface area contributed by atoms with Crippen molar-refractivity contribution in [2.24, 2.45) is 0 Å². The molecule has 2 unspecified atom stereocenters. The highest BCUT2D eigenvalue weighted by Gasteiger charge is 2.37. The van der Waals surface area contributed by atoms with Crippen molar-refractivity contribution in [1.29, 1.82) is 0 Å². The highest BCUT2D eigenvalue weighted by Crippen LogP contribution is 2.39. The number of allylic oxidation sites excluding steroid dienone is 2. The summed E-state index contributed by atoms with van der Waals surface area (Å²) in [6, 6.07) is 9.61. The van der Waals surface area contributed by atoms with Gasteiger partial charge >= 0.3 is 0 Å². The van der Waals surface area contributed by atoms with E-state index in [9.17, 15) is 0 Å². The molecule has 4 rings (SSSR count). The maximum Gasteiger partial charge on any atom is 0.113 e. The number of fused-ring (bicyclic) bond motifs is 2. The summed E-state index contributed by atoms with van der Waals surface area (Å²) in [6.45, 7) is 19.0. The third-order valence-corrected chi connectivity index (χ3v) is 10.9. The van der Waals surface area contributed by atoms with Crippen LogP contribution in [0.25, 0.3) is 12.2 Å². The van der Waals surface area contributed by atoms with Crippen LogP contribution in [0.15, 0.2) is 35.4 Å². The number of aryl methyl sites for hydroxylation is 2. The minimum atomic E-state index is -1.82. The van der Waals surface area contributed by atoms with Crippen LogP contribution in [0.4, 0.5) is 0 Å². The van der Waals surface area contributed by atoms with Crippen molar-refractivity contribution >= 4 is 30.6 Å². The number of hydrogen-bond acceptors (Lipinski definition) is 0. The molecule has 27 heavy (non-hydrogen) atoms. The lowest BCUT2D eigenvalue weighted by molar-refractivity contribution is 0.923. The van der Waals surface area contributed by atoms with E-state index in [1.807, 2.05) is 0 Å². The normalized spacial score (nSPS) is 21.0. The zero-order valence-electron chi connectivity index (χ0n) is 18.1. The Bertz CT molecular complexity index is 935. The summed E-state index contributed by atoms with van der Waals surface area (Å²) in [5.41, 5.74) is 12.0. The molecule has 0 N–H and O–H groups in total. The Kier molecular flexibility index (Phi) is 4.16. The first kappa shape index (κ1) is 18.5. The van der Waals surface area contributed by atoms with E-state index in [1.165, 1.54) is 33.4 Å². The van der Waals surface area contributed by atoms with Crippen molar-refractivity contribution in [3.8, 4) is 0 Å². The van der Waals surface area contributed by atoms with E-state index in [1.54, 1.807) is 21.5 Å². The first-order valence-electron chi connectivity index (χ1n) is 10.3. The third kappa shape index (κ3) is 2.55. The summed E-state index contributed by atoms with van der Waals surface area (Å²) in [5.74, 6) is 1.08. The largest absolute Gasteiger partial charge is 0.113 e. The molecule has 2 aromatic carbocycles. The molecule has 0 nitrogen and oxygen atoms in total. The minimum absolute atomic E-state index is 0.539. The molecule has 0 aromatic heterocycles. The third-order valence-electron chi connectivity index (χ3n) is 7.33. The highest BCUT2D eigenvalue weighted by molar-refractivity contribution is 7.01. The lowest BCUT2D eigenvalue weighted by atomic mass is 9.96. The SMILES string of the molecule is CC1=Cc2c(C)ccc([Si](C)(C)c3ccc(C)c4c3C(C)C(C)=C4)c2C1C. The van der Waals surface area contributed by atoms with E-state index in [-0.39, 0.29) is 0 Å². The van der Waals surface area contributed by atoms with E-state index in [0.29, 0.717) is 11.8 Å². The van der Waals surface area contributed by atoms with Crippen molar-refractivity contribution in [3.63, 3.8) is 0 Å². The quantitative estimate of drug-likeness (QED) is 0.553. The van der Waals surface area contributed by atoms with E-state index in [2.05, 4.69) is 91.1 Å². The lowest BCUT2D eigenvalue weighted by Gasteiger charge is -2.32. The zero-order chi connectivity index (χ0) is 19.7. The molecule has 2 aliphatic rings. The number of hydrogen-bond donors (Lipinski definition) is 0. The van der Waals surface area contributed by atoms with Gasteiger partial charge in [-0.15, -0.1) is 0 Å². The fraction of sp³-hybridized carbons (Fsp3) is 0.385. The van der Waals surface area contributed by atoms with E-state index >= 15 is 0 Å². The van der Waals surface area contributed by atoms with Crippen molar-refractivity contribution in [3.05, 3.63) is 68.8 Å². The second-order valence-corrected chi connectivity index (χ2v) is 13.7. The molecule has 1 heteroatoms. The van der Waals surface area contributed by atoms with Gasteiger partial charge in [-0.05, 0) is 61.1 Å². The molecule has 2 atom stereocenters. The summed E-state index contributed by atoms with van der Waals surface area (Å²) >= 11 is 0. The van der Waals surface area contributed by atoms with Gasteiger partial charge in [0.05, 0.1) is 0 Å². The van der Waals surface area contributed by atoms with Crippen molar-refractivity contribution < 1.29 is 0 Å². The fourth-order valence-corrected chi connectivity index (χ4v) is 8.54. The van der Waals surface area contributed by atoms with Gasteiger partial charge in [0.1, 0.15) is 8.07 Å². The Balaban J connectivity index is 1.95. The Morgan fingerprint density at radius 1 is 0.630 bits per heavy atom. The van der Waals surface area contributed by atoms with Gasteiger partial charge in [0.15, 0.2) is 0 Å². The average Bonchev–Trinajstić information content (AvgIpc) is 3.08. The molecule has 0 radical (unpaired) electrons. The maximum absolute atomic E-state index is 2.56. The second kappa shape index (κ2) is 6.07. The van der Waals surface area contributed by atoms with E-state index in [4.69, 9.17) is 0 Å². The highest BCUT2D eigenvalue weighted by atomic mass is 28.3. The van der Waals surface area contributed by atoms with Gasteiger partial charge in [0.25, 0.3) is 0 Å². The molecule has 0 spiro atoms. The van der Waals surface area contributed by atoms with Crippen LogP contribution in [-0.2, 0) is 0 Å².